The van der Waals surface area contributed by atoms with Crippen LogP contribution in [0.3, 0.4) is 0 Å². The first kappa shape index (κ1) is 24.4. The third-order valence-electron chi connectivity index (χ3n) is 8.60. The molecule has 1 heterocycles. The van der Waals surface area contributed by atoms with Crippen molar-refractivity contribution in [2.45, 2.75) is 58.3 Å². The first-order valence-corrected chi connectivity index (χ1v) is 13.1. The van der Waals surface area contributed by atoms with E-state index in [0.29, 0.717) is 48.4 Å². The number of nitrogens with zero attached hydrogens (tertiary/aromatic N) is 2. The molecule has 1 aromatic heterocycles. The van der Waals surface area contributed by atoms with E-state index in [4.69, 9.17) is 0 Å². The zero-order chi connectivity index (χ0) is 25.8. The van der Waals surface area contributed by atoms with Crippen LogP contribution in [-0.4, -0.2) is 31.8 Å². The van der Waals surface area contributed by atoms with Crippen molar-refractivity contribution in [3.63, 3.8) is 0 Å². The summed E-state index contributed by atoms with van der Waals surface area (Å²) in [7, 11) is 0. The van der Waals surface area contributed by atoms with Crippen molar-refractivity contribution in [3.8, 4) is 5.75 Å². The maximum Gasteiger partial charge on any atom is 0.314 e. The molecule has 9 nitrogen and oxygen atoms in total. The Labute approximate surface area is 212 Å². The van der Waals surface area contributed by atoms with Crippen molar-refractivity contribution in [3.05, 3.63) is 56.3 Å². The predicted molar refractivity (Wildman–Crippen MR) is 134 cm³/mol. The highest BCUT2D eigenvalue weighted by Crippen LogP contribution is 2.64. The van der Waals surface area contributed by atoms with E-state index in [9.17, 15) is 29.9 Å². The number of phenolic OH excluding ortho intramolecular Hbond substituents is 1. The number of rotatable bonds is 5. The number of aliphatic hydroxyl groups is 1. The average molecular weight is 512 g/mol. The summed E-state index contributed by atoms with van der Waals surface area (Å²) < 4.78 is 0. The van der Waals surface area contributed by atoms with Gasteiger partial charge in [0.1, 0.15) is 0 Å². The molecule has 0 spiro atoms. The van der Waals surface area contributed by atoms with E-state index < -0.39 is 10.3 Å². The van der Waals surface area contributed by atoms with Crippen molar-refractivity contribution in [2.24, 2.45) is 23.2 Å². The number of ketones is 1. The number of Topliss-reactive ketones (excluding diaryl/α,β-unsaturated/α-hetero) is 1. The number of nitro groups is 1. The van der Waals surface area contributed by atoms with Gasteiger partial charge in [-0.3, -0.25) is 19.7 Å². The van der Waals surface area contributed by atoms with E-state index in [1.165, 1.54) is 17.4 Å². The van der Waals surface area contributed by atoms with Gasteiger partial charge in [0.2, 0.25) is 5.91 Å². The number of amides is 1. The minimum absolute atomic E-state index is 0.0200. The zero-order valence-electron chi connectivity index (χ0n) is 20.2. The summed E-state index contributed by atoms with van der Waals surface area (Å²) in [6, 6.07) is 3.18. The van der Waals surface area contributed by atoms with Gasteiger partial charge in [-0.05, 0) is 74.3 Å². The lowest BCUT2D eigenvalue weighted by atomic mass is 9.54. The minimum Gasteiger partial charge on any atom is -0.515 e. The van der Waals surface area contributed by atoms with Gasteiger partial charge in [-0.1, -0.05) is 13.0 Å². The first-order valence-electron chi connectivity index (χ1n) is 12.3. The number of nitrogens with one attached hydrogen (secondary N) is 1. The number of aromatic nitrogens is 1. The second-order valence-electron chi connectivity index (χ2n) is 10.4. The van der Waals surface area contributed by atoms with E-state index in [1.807, 2.05) is 13.8 Å². The minimum atomic E-state index is -0.649. The Morgan fingerprint density at radius 2 is 2.17 bits per heavy atom. The SMILES string of the molecule is Cc1cnc(NC(=O)CC[C@@H]2C(=CO)C(=O)[C@@]3(C)CCC4c5ccc(O)c([N+](=O)[O-])c5CCC4C23)s1. The van der Waals surface area contributed by atoms with Crippen LogP contribution >= 0.6 is 11.3 Å². The van der Waals surface area contributed by atoms with Gasteiger partial charge in [0, 0.05) is 34.0 Å². The Balaban J connectivity index is 1.44. The number of hydrogen-bond acceptors (Lipinski definition) is 8. The molecule has 0 bridgehead atoms. The number of phenols is 1. The van der Waals surface area contributed by atoms with E-state index in [0.717, 1.165) is 16.7 Å². The molecule has 3 N–H and O–H groups in total. The third-order valence-corrected chi connectivity index (χ3v) is 9.43. The fraction of sp³-hybridized carbons (Fsp3) is 0.500. The third kappa shape index (κ3) is 3.78. The van der Waals surface area contributed by atoms with Crippen molar-refractivity contribution < 1.29 is 24.7 Å². The fourth-order valence-electron chi connectivity index (χ4n) is 7.16. The number of aliphatic hydroxyl groups excluding tert-OH is 1. The molecule has 2 aromatic rings. The van der Waals surface area contributed by atoms with Gasteiger partial charge >= 0.3 is 5.69 Å². The monoisotopic (exact) mass is 511 g/mol. The number of aromatic hydroxyl groups is 1. The van der Waals surface area contributed by atoms with Crippen LogP contribution in [0.2, 0.25) is 0 Å². The molecule has 0 saturated heterocycles. The molecule has 1 aromatic carbocycles. The first-order chi connectivity index (χ1) is 17.2. The number of hydrogen-bond donors (Lipinski definition) is 3. The molecule has 5 atom stereocenters. The van der Waals surface area contributed by atoms with E-state index >= 15 is 0 Å². The highest BCUT2D eigenvalue weighted by molar-refractivity contribution is 7.15. The summed E-state index contributed by atoms with van der Waals surface area (Å²) in [5.41, 5.74) is 0.972. The van der Waals surface area contributed by atoms with Gasteiger partial charge in [0.15, 0.2) is 16.7 Å². The van der Waals surface area contributed by atoms with Gasteiger partial charge in [-0.15, -0.1) is 11.3 Å². The molecule has 5 rings (SSSR count). The normalized spacial score (nSPS) is 29.9. The van der Waals surface area contributed by atoms with Crippen LogP contribution in [0.15, 0.2) is 30.2 Å². The van der Waals surface area contributed by atoms with Gasteiger partial charge in [-0.2, -0.15) is 0 Å². The summed E-state index contributed by atoms with van der Waals surface area (Å²) in [4.78, 5) is 42.5. The highest BCUT2D eigenvalue weighted by Gasteiger charge is 2.61. The van der Waals surface area contributed by atoms with E-state index in [1.54, 1.807) is 12.3 Å². The van der Waals surface area contributed by atoms with E-state index in [-0.39, 0.29) is 53.2 Å². The van der Waals surface area contributed by atoms with Gasteiger partial charge in [-0.25, -0.2) is 4.98 Å². The van der Waals surface area contributed by atoms with Gasteiger partial charge in [0.25, 0.3) is 0 Å². The Morgan fingerprint density at radius 1 is 1.39 bits per heavy atom. The number of allylic oxidation sites excluding steroid dienone is 1. The van der Waals surface area contributed by atoms with Crippen LogP contribution in [0.5, 0.6) is 5.75 Å². The standard InChI is InChI=1S/C26H29N3O6S/c1-13-11-27-25(36-13)28-21(32)8-6-17-19(12-30)24(33)26(2)10-9-15-14-5-7-20(31)23(29(34)35)18(14)4-3-16(15)22(17)26/h5,7,11-12,15-17,22,30-31H,3-4,6,8-10H2,1-2H3,(H,27,28,32)/t15?,16?,17-,22?,26+/m1/s1. The lowest BCUT2D eigenvalue weighted by Gasteiger charge is -2.49. The summed E-state index contributed by atoms with van der Waals surface area (Å²) in [6.07, 6.45) is 5.62. The number of carbonyl (C=O) groups is 2. The Morgan fingerprint density at radius 3 is 2.83 bits per heavy atom. The van der Waals surface area contributed by atoms with Crippen LogP contribution in [0.25, 0.3) is 0 Å². The highest BCUT2D eigenvalue weighted by atomic mass is 32.1. The quantitative estimate of drug-likeness (QED) is 0.217. The molecular formula is C26H29N3O6S. The average Bonchev–Trinajstić information content (AvgIpc) is 3.34. The van der Waals surface area contributed by atoms with Crippen LogP contribution in [0.4, 0.5) is 10.8 Å². The Bertz CT molecular complexity index is 1290. The second-order valence-corrected chi connectivity index (χ2v) is 11.7. The summed E-state index contributed by atoms with van der Waals surface area (Å²) >= 11 is 1.40. The molecule has 1 amide bonds. The number of nitro benzene ring substituents is 1. The van der Waals surface area contributed by atoms with Gasteiger partial charge < -0.3 is 15.5 Å². The molecular weight excluding hydrogens is 482 g/mol. The van der Waals surface area contributed by atoms with Crippen molar-refractivity contribution in [1.29, 1.82) is 0 Å². The van der Waals surface area contributed by atoms with Crippen LogP contribution < -0.4 is 5.32 Å². The number of carbonyl (C=O) groups excluding carboxylic acids is 2. The molecule has 0 radical (unpaired) electrons. The van der Waals surface area contributed by atoms with Gasteiger partial charge in [0.05, 0.1) is 11.2 Å². The number of fused-ring (bicyclic) bond motifs is 5. The molecule has 190 valence electrons. The molecule has 2 saturated carbocycles. The maximum absolute atomic E-state index is 13.5. The maximum atomic E-state index is 13.5. The van der Waals surface area contributed by atoms with Crippen LogP contribution in [-0.2, 0) is 16.0 Å². The lowest BCUT2D eigenvalue weighted by Crippen LogP contribution is -2.44. The number of anilines is 1. The number of thiazole rings is 1. The zero-order valence-corrected chi connectivity index (χ0v) is 21.0. The molecule has 3 aliphatic carbocycles. The topological polar surface area (TPSA) is 143 Å². The van der Waals surface area contributed by atoms with Crippen molar-refractivity contribution >= 4 is 33.8 Å². The van der Waals surface area contributed by atoms with Crippen molar-refractivity contribution in [1.82, 2.24) is 4.98 Å². The summed E-state index contributed by atoms with van der Waals surface area (Å²) in [6.45, 7) is 3.88. The Hall–Kier alpha value is -3.27. The number of benzene rings is 1. The molecule has 10 heteroatoms. The molecule has 2 fully saturated rings. The van der Waals surface area contributed by atoms with E-state index in [2.05, 4.69) is 10.3 Å². The second kappa shape index (κ2) is 8.99. The predicted octanol–water partition coefficient (Wildman–Crippen LogP) is 5.19. The van der Waals surface area contributed by atoms with Crippen LogP contribution in [0, 0.1) is 40.2 Å². The molecule has 0 aliphatic heterocycles. The molecule has 3 unspecified atom stereocenters. The smallest absolute Gasteiger partial charge is 0.314 e. The van der Waals surface area contributed by atoms with Crippen molar-refractivity contribution in [2.75, 3.05) is 5.32 Å². The number of aryl methyl sites for hydroxylation is 1. The summed E-state index contributed by atoms with van der Waals surface area (Å²) in [5, 5.41) is 35.2. The summed E-state index contributed by atoms with van der Waals surface area (Å²) in [5.74, 6) is -0.829. The molecule has 36 heavy (non-hydrogen) atoms. The van der Waals surface area contributed by atoms with Crippen LogP contribution in [0.1, 0.15) is 60.9 Å². The largest absolute Gasteiger partial charge is 0.515 e. The Kier molecular flexibility index (Phi) is 6.10. The lowest BCUT2D eigenvalue weighted by molar-refractivity contribution is -0.386. The fourth-order valence-corrected chi connectivity index (χ4v) is 7.84. The molecule has 3 aliphatic rings.